The first-order valence-corrected chi connectivity index (χ1v) is 10.3. The fraction of sp³-hybridized carbons (Fsp3) is 0.238. The number of anilines is 1. The number of aryl methyl sites for hydroxylation is 2. The maximum Gasteiger partial charge on any atom is 0.261 e. The normalized spacial score (nSPS) is 15.4. The first-order chi connectivity index (χ1) is 12.8. The molecule has 1 aliphatic rings. The van der Waals surface area contributed by atoms with Gasteiger partial charge in [0.05, 0.1) is 5.52 Å². The Bertz CT molecular complexity index is 1160. The lowest BCUT2D eigenvalue weighted by Crippen LogP contribution is -2.24. The van der Waals surface area contributed by atoms with Crippen LogP contribution in [-0.2, 0) is 6.42 Å². The first-order valence-electron chi connectivity index (χ1n) is 8.71. The van der Waals surface area contributed by atoms with Gasteiger partial charge in [-0.25, -0.2) is 0 Å². The Morgan fingerprint density at radius 2 is 1.74 bits per heavy atom. The monoisotopic (exact) mass is 488 g/mol. The number of nitrogens with one attached hydrogen (secondary N) is 1. The molecule has 0 radical (unpaired) electrons. The van der Waals surface area contributed by atoms with Gasteiger partial charge in [-0.15, -0.1) is 0 Å². The zero-order chi connectivity index (χ0) is 19.5. The molecule has 0 spiro atoms. The summed E-state index contributed by atoms with van der Waals surface area (Å²) < 4.78 is 3.87. The first kappa shape index (κ1) is 18.4. The van der Waals surface area contributed by atoms with Gasteiger partial charge in [-0.05, 0) is 68.1 Å². The van der Waals surface area contributed by atoms with Crippen molar-refractivity contribution in [2.75, 3.05) is 5.32 Å². The number of carbonyl (C=O) groups is 1. The molecule has 1 amide bonds. The molecule has 1 atom stereocenters. The van der Waals surface area contributed by atoms with Crippen LogP contribution in [0.15, 0.2) is 44.2 Å². The maximum absolute atomic E-state index is 13.1. The van der Waals surface area contributed by atoms with E-state index in [1.54, 1.807) is 6.20 Å². The summed E-state index contributed by atoms with van der Waals surface area (Å²) in [5.41, 5.74) is 4.63. The number of benzene rings is 2. The van der Waals surface area contributed by atoms with E-state index in [1.165, 1.54) is 0 Å². The van der Waals surface area contributed by atoms with Gasteiger partial charge in [0.1, 0.15) is 5.56 Å². The third kappa shape index (κ3) is 3.05. The van der Waals surface area contributed by atoms with Gasteiger partial charge in [0.15, 0.2) is 0 Å². The molecule has 0 fully saturated rings. The molecule has 2 aromatic carbocycles. The van der Waals surface area contributed by atoms with Crippen LogP contribution in [0.3, 0.4) is 0 Å². The molecule has 2 heterocycles. The summed E-state index contributed by atoms with van der Waals surface area (Å²) in [6, 6.07) is 7.96. The Balaban J connectivity index is 1.85. The minimum atomic E-state index is -0.375. The second-order valence-electron chi connectivity index (χ2n) is 7.16. The standard InChI is InChI=1S/C21H18Br2N2O2/c1-10-4-14(22)5-11(2)18(10)24-21(27)17-9-25-12(3)6-13-7-15(23)8-16(19(13)25)20(17)26/h4-5,7-9,12H,6H2,1-3H3,(H,24,27). The number of halogens is 2. The van der Waals surface area contributed by atoms with E-state index in [9.17, 15) is 9.59 Å². The largest absolute Gasteiger partial charge is 0.343 e. The average molecular weight is 490 g/mol. The number of carbonyl (C=O) groups excluding carboxylic acids is 1. The molecule has 1 unspecified atom stereocenters. The molecule has 4 nitrogen and oxygen atoms in total. The van der Waals surface area contributed by atoms with Crippen molar-refractivity contribution in [2.45, 2.75) is 33.2 Å². The van der Waals surface area contributed by atoms with Crippen LogP contribution in [0.4, 0.5) is 5.69 Å². The van der Waals surface area contributed by atoms with Crippen LogP contribution in [0, 0.1) is 13.8 Å². The number of hydrogen-bond donors (Lipinski definition) is 1. The fourth-order valence-electron chi connectivity index (χ4n) is 3.91. The third-order valence-electron chi connectivity index (χ3n) is 5.14. The van der Waals surface area contributed by atoms with E-state index in [-0.39, 0.29) is 22.9 Å². The van der Waals surface area contributed by atoms with Crippen molar-refractivity contribution in [3.63, 3.8) is 0 Å². The number of aromatic nitrogens is 1. The zero-order valence-electron chi connectivity index (χ0n) is 15.2. The van der Waals surface area contributed by atoms with E-state index in [2.05, 4.69) is 54.7 Å². The van der Waals surface area contributed by atoms with Gasteiger partial charge in [-0.1, -0.05) is 31.9 Å². The van der Waals surface area contributed by atoms with Crippen LogP contribution in [0.1, 0.15) is 40.0 Å². The van der Waals surface area contributed by atoms with E-state index in [1.807, 2.05) is 32.0 Å². The molecule has 1 aromatic heterocycles. The van der Waals surface area contributed by atoms with Crippen LogP contribution in [0.2, 0.25) is 0 Å². The highest BCUT2D eigenvalue weighted by atomic mass is 79.9. The molecule has 138 valence electrons. The quantitative estimate of drug-likeness (QED) is 0.515. The van der Waals surface area contributed by atoms with Gasteiger partial charge in [-0.3, -0.25) is 9.59 Å². The van der Waals surface area contributed by atoms with Crippen molar-refractivity contribution in [1.82, 2.24) is 4.57 Å². The summed E-state index contributed by atoms with van der Waals surface area (Å²) in [4.78, 5) is 26.1. The SMILES string of the molecule is Cc1cc(Br)cc(C)c1NC(=O)c1cn2c3c(cc(Br)cc3c1=O)CC2C. The van der Waals surface area contributed by atoms with Gasteiger partial charge in [-0.2, -0.15) is 0 Å². The lowest BCUT2D eigenvalue weighted by atomic mass is 10.1. The van der Waals surface area contributed by atoms with Gasteiger partial charge in [0, 0.05) is 32.3 Å². The van der Waals surface area contributed by atoms with E-state index >= 15 is 0 Å². The minimum Gasteiger partial charge on any atom is -0.343 e. The Hall–Kier alpha value is -1.92. The summed E-state index contributed by atoms with van der Waals surface area (Å²) >= 11 is 6.95. The molecule has 3 aromatic rings. The second-order valence-corrected chi connectivity index (χ2v) is 8.99. The Morgan fingerprint density at radius 1 is 1.11 bits per heavy atom. The highest BCUT2D eigenvalue weighted by molar-refractivity contribution is 9.10. The molecule has 6 heteroatoms. The molecule has 0 aliphatic carbocycles. The molecule has 0 saturated carbocycles. The van der Waals surface area contributed by atoms with E-state index in [4.69, 9.17) is 0 Å². The van der Waals surface area contributed by atoms with Gasteiger partial charge >= 0.3 is 0 Å². The summed E-state index contributed by atoms with van der Waals surface area (Å²) in [5, 5.41) is 3.52. The number of hydrogen-bond acceptors (Lipinski definition) is 2. The fourth-order valence-corrected chi connectivity index (χ4v) is 5.10. The molecule has 1 aliphatic heterocycles. The van der Waals surface area contributed by atoms with Gasteiger partial charge in [0.2, 0.25) is 5.43 Å². The molecular formula is C21H18Br2N2O2. The predicted octanol–water partition coefficient (Wildman–Crippen LogP) is 5.51. The van der Waals surface area contributed by atoms with E-state index < -0.39 is 0 Å². The molecule has 0 bridgehead atoms. The lowest BCUT2D eigenvalue weighted by molar-refractivity contribution is 0.102. The van der Waals surface area contributed by atoms with Crippen molar-refractivity contribution in [3.8, 4) is 0 Å². The summed E-state index contributed by atoms with van der Waals surface area (Å²) in [7, 11) is 0. The predicted molar refractivity (Wildman–Crippen MR) is 116 cm³/mol. The average Bonchev–Trinajstić information content (AvgIpc) is 2.89. The molecule has 0 saturated heterocycles. The van der Waals surface area contributed by atoms with Crippen molar-refractivity contribution in [3.05, 3.63) is 71.9 Å². The second kappa shape index (κ2) is 6.60. The van der Waals surface area contributed by atoms with Crippen LogP contribution in [0.25, 0.3) is 10.9 Å². The summed E-state index contributed by atoms with van der Waals surface area (Å²) in [6.07, 6.45) is 2.56. The Labute approximate surface area is 173 Å². The van der Waals surface area contributed by atoms with Crippen molar-refractivity contribution < 1.29 is 4.79 Å². The number of nitrogens with zero attached hydrogens (tertiary/aromatic N) is 1. The van der Waals surface area contributed by atoms with Crippen molar-refractivity contribution in [1.29, 1.82) is 0 Å². The Kier molecular flexibility index (Phi) is 4.51. The van der Waals surface area contributed by atoms with Crippen LogP contribution < -0.4 is 10.7 Å². The summed E-state index contributed by atoms with van der Waals surface area (Å²) in [5.74, 6) is -0.375. The number of pyridine rings is 1. The topological polar surface area (TPSA) is 51.1 Å². The van der Waals surface area contributed by atoms with Gasteiger partial charge in [0.25, 0.3) is 5.91 Å². The van der Waals surface area contributed by atoms with Crippen molar-refractivity contribution >= 4 is 54.4 Å². The molecule has 4 rings (SSSR count). The molecule has 27 heavy (non-hydrogen) atoms. The van der Waals surface area contributed by atoms with Crippen LogP contribution >= 0.6 is 31.9 Å². The zero-order valence-corrected chi connectivity index (χ0v) is 18.4. The van der Waals surface area contributed by atoms with E-state index in [0.29, 0.717) is 5.39 Å². The minimum absolute atomic E-state index is 0.169. The third-order valence-corrected chi connectivity index (χ3v) is 6.06. The number of rotatable bonds is 2. The number of amides is 1. The van der Waals surface area contributed by atoms with Crippen LogP contribution in [0.5, 0.6) is 0 Å². The highest BCUT2D eigenvalue weighted by Gasteiger charge is 2.25. The molecular weight excluding hydrogens is 472 g/mol. The van der Waals surface area contributed by atoms with Gasteiger partial charge < -0.3 is 9.88 Å². The Morgan fingerprint density at radius 3 is 2.41 bits per heavy atom. The maximum atomic E-state index is 13.1. The van der Waals surface area contributed by atoms with Crippen molar-refractivity contribution in [2.24, 2.45) is 0 Å². The highest BCUT2D eigenvalue weighted by Crippen LogP contribution is 2.34. The van der Waals surface area contributed by atoms with E-state index in [0.717, 1.165) is 43.3 Å². The van der Waals surface area contributed by atoms with Crippen LogP contribution in [-0.4, -0.2) is 10.5 Å². The smallest absolute Gasteiger partial charge is 0.261 e. The summed E-state index contributed by atoms with van der Waals surface area (Å²) in [6.45, 7) is 5.97. The lowest BCUT2D eigenvalue weighted by Gasteiger charge is -2.15. The molecule has 1 N–H and O–H groups in total.